The Hall–Kier alpha value is -1.00. The van der Waals surface area contributed by atoms with E-state index < -0.39 is 0 Å². The quantitative estimate of drug-likeness (QED) is 0.857. The molecule has 0 bridgehead atoms. The Bertz CT molecular complexity index is 410. The van der Waals surface area contributed by atoms with E-state index in [4.69, 9.17) is 4.74 Å². The molecule has 1 aliphatic rings. The van der Waals surface area contributed by atoms with Crippen LogP contribution >= 0.6 is 0 Å². The molecule has 1 aromatic rings. The van der Waals surface area contributed by atoms with E-state index >= 15 is 0 Å². The van der Waals surface area contributed by atoms with E-state index in [1.54, 1.807) is 0 Å². The number of hydrogen-bond acceptors (Lipinski definition) is 4. The molecule has 1 saturated carbocycles. The molecule has 0 aromatic carbocycles. The van der Waals surface area contributed by atoms with Crippen LogP contribution < -0.4 is 5.32 Å². The first-order valence-electron chi connectivity index (χ1n) is 7.17. The Kier molecular flexibility index (Phi) is 4.53. The summed E-state index contributed by atoms with van der Waals surface area (Å²) in [6.45, 7) is 9.99. The molecule has 19 heavy (non-hydrogen) atoms. The Morgan fingerprint density at radius 1 is 1.42 bits per heavy atom. The van der Waals surface area contributed by atoms with Crippen molar-refractivity contribution < 1.29 is 4.74 Å². The third kappa shape index (κ3) is 4.25. The van der Waals surface area contributed by atoms with E-state index in [-0.39, 0.29) is 11.5 Å². The van der Waals surface area contributed by atoms with Crippen molar-refractivity contribution in [1.82, 2.24) is 15.3 Å². The summed E-state index contributed by atoms with van der Waals surface area (Å²) >= 11 is 0. The highest BCUT2D eigenvalue weighted by molar-refractivity contribution is 5.06. The van der Waals surface area contributed by atoms with Gasteiger partial charge in [0.15, 0.2) is 5.82 Å². The fourth-order valence-electron chi connectivity index (χ4n) is 2.05. The summed E-state index contributed by atoms with van der Waals surface area (Å²) in [5, 5.41) is 3.48. The minimum absolute atomic E-state index is 0.00143. The zero-order chi connectivity index (χ0) is 13.9. The van der Waals surface area contributed by atoms with Crippen LogP contribution in [0.3, 0.4) is 0 Å². The Balaban J connectivity index is 2.09. The summed E-state index contributed by atoms with van der Waals surface area (Å²) in [4.78, 5) is 9.06. The molecule has 0 radical (unpaired) electrons. The standard InChI is InChI=1S/C15H25N3O/c1-5-19-13(15(2,3)4)14-16-9-8-12(18-14)10-17-11-6-7-11/h8-9,11,13,17H,5-7,10H2,1-4H3. The largest absolute Gasteiger partial charge is 0.370 e. The molecular formula is C15H25N3O. The van der Waals surface area contributed by atoms with Crippen LogP contribution in [0.15, 0.2) is 12.3 Å². The summed E-state index contributed by atoms with van der Waals surface area (Å²) in [6.07, 6.45) is 4.37. The van der Waals surface area contributed by atoms with Crippen LogP contribution in [0.5, 0.6) is 0 Å². The molecule has 106 valence electrons. The molecule has 4 nitrogen and oxygen atoms in total. The van der Waals surface area contributed by atoms with Crippen molar-refractivity contribution in [2.24, 2.45) is 5.41 Å². The number of nitrogens with zero attached hydrogens (tertiary/aromatic N) is 2. The van der Waals surface area contributed by atoms with E-state index in [0.29, 0.717) is 12.6 Å². The smallest absolute Gasteiger partial charge is 0.157 e. The van der Waals surface area contributed by atoms with E-state index in [0.717, 1.165) is 18.1 Å². The van der Waals surface area contributed by atoms with E-state index in [9.17, 15) is 0 Å². The highest BCUT2D eigenvalue weighted by atomic mass is 16.5. The Labute approximate surface area is 116 Å². The molecule has 2 rings (SSSR count). The zero-order valence-corrected chi connectivity index (χ0v) is 12.4. The number of nitrogens with one attached hydrogen (secondary N) is 1. The Morgan fingerprint density at radius 2 is 2.16 bits per heavy atom. The topological polar surface area (TPSA) is 47.0 Å². The number of ether oxygens (including phenoxy) is 1. The SMILES string of the molecule is CCOC(c1nccc(CNC2CC2)n1)C(C)(C)C. The first-order valence-corrected chi connectivity index (χ1v) is 7.17. The van der Waals surface area contributed by atoms with Gasteiger partial charge >= 0.3 is 0 Å². The van der Waals surface area contributed by atoms with Crippen molar-refractivity contribution in [1.29, 1.82) is 0 Å². The average molecular weight is 263 g/mol. The van der Waals surface area contributed by atoms with Gasteiger partial charge in [0.1, 0.15) is 6.10 Å². The summed E-state index contributed by atoms with van der Waals surface area (Å²) in [5.74, 6) is 0.796. The van der Waals surface area contributed by atoms with Gasteiger partial charge in [-0.05, 0) is 31.2 Å². The van der Waals surface area contributed by atoms with Gasteiger partial charge in [0, 0.05) is 25.4 Å². The lowest BCUT2D eigenvalue weighted by atomic mass is 9.88. The number of hydrogen-bond donors (Lipinski definition) is 1. The summed E-state index contributed by atoms with van der Waals surface area (Å²) in [7, 11) is 0. The second kappa shape index (κ2) is 5.97. The van der Waals surface area contributed by atoms with Gasteiger partial charge in [-0.2, -0.15) is 0 Å². The normalized spacial score (nSPS) is 17.5. The molecule has 4 heteroatoms. The van der Waals surface area contributed by atoms with Crippen LogP contribution in [0.4, 0.5) is 0 Å². The van der Waals surface area contributed by atoms with Crippen molar-refractivity contribution in [2.75, 3.05) is 6.61 Å². The van der Waals surface area contributed by atoms with Gasteiger partial charge in [-0.3, -0.25) is 0 Å². The van der Waals surface area contributed by atoms with Gasteiger partial charge in [-0.25, -0.2) is 9.97 Å². The van der Waals surface area contributed by atoms with Crippen molar-refractivity contribution in [2.45, 2.75) is 59.2 Å². The van der Waals surface area contributed by atoms with Gasteiger partial charge in [0.25, 0.3) is 0 Å². The molecule has 1 aromatic heterocycles. The maximum atomic E-state index is 5.84. The predicted octanol–water partition coefficient (Wildman–Crippen LogP) is 2.85. The molecule has 0 amide bonds. The van der Waals surface area contributed by atoms with Gasteiger partial charge in [-0.1, -0.05) is 20.8 Å². The molecule has 1 unspecified atom stereocenters. The van der Waals surface area contributed by atoms with Gasteiger partial charge in [0.05, 0.1) is 5.69 Å². The van der Waals surface area contributed by atoms with Crippen molar-refractivity contribution in [3.63, 3.8) is 0 Å². The summed E-state index contributed by atoms with van der Waals surface area (Å²) in [6, 6.07) is 2.67. The minimum atomic E-state index is -0.0571. The molecule has 1 aliphatic carbocycles. The monoisotopic (exact) mass is 263 g/mol. The van der Waals surface area contributed by atoms with Crippen molar-refractivity contribution >= 4 is 0 Å². The van der Waals surface area contributed by atoms with Crippen LogP contribution in [0.25, 0.3) is 0 Å². The van der Waals surface area contributed by atoms with Gasteiger partial charge < -0.3 is 10.1 Å². The third-order valence-electron chi connectivity index (χ3n) is 3.24. The maximum Gasteiger partial charge on any atom is 0.157 e. The van der Waals surface area contributed by atoms with Crippen molar-refractivity contribution in [3.8, 4) is 0 Å². The van der Waals surface area contributed by atoms with Crippen LogP contribution in [0, 0.1) is 5.41 Å². The molecule has 1 N–H and O–H groups in total. The second-order valence-electron chi connectivity index (χ2n) is 6.26. The molecular weight excluding hydrogens is 238 g/mol. The molecule has 0 saturated heterocycles. The van der Waals surface area contributed by atoms with Crippen LogP contribution in [0.2, 0.25) is 0 Å². The van der Waals surface area contributed by atoms with Gasteiger partial charge in [-0.15, -0.1) is 0 Å². The summed E-state index contributed by atoms with van der Waals surface area (Å²) in [5.41, 5.74) is 1.05. The summed E-state index contributed by atoms with van der Waals surface area (Å²) < 4.78 is 5.84. The molecule has 1 heterocycles. The highest BCUT2D eigenvalue weighted by Gasteiger charge is 2.29. The third-order valence-corrected chi connectivity index (χ3v) is 3.24. The number of aromatic nitrogens is 2. The van der Waals surface area contributed by atoms with E-state index in [1.165, 1.54) is 12.8 Å². The lowest BCUT2D eigenvalue weighted by Crippen LogP contribution is -2.24. The van der Waals surface area contributed by atoms with E-state index in [1.807, 2.05) is 19.2 Å². The lowest BCUT2D eigenvalue weighted by Gasteiger charge is -2.29. The fourth-order valence-corrected chi connectivity index (χ4v) is 2.05. The minimum Gasteiger partial charge on any atom is -0.370 e. The van der Waals surface area contributed by atoms with Crippen LogP contribution in [0.1, 0.15) is 58.2 Å². The predicted molar refractivity (Wildman–Crippen MR) is 75.7 cm³/mol. The average Bonchev–Trinajstić information content (AvgIpc) is 3.16. The highest BCUT2D eigenvalue weighted by Crippen LogP contribution is 2.34. The fraction of sp³-hybridized carbons (Fsp3) is 0.733. The maximum absolute atomic E-state index is 5.84. The second-order valence-corrected chi connectivity index (χ2v) is 6.26. The first-order chi connectivity index (χ1) is 9.00. The zero-order valence-electron chi connectivity index (χ0n) is 12.4. The van der Waals surface area contributed by atoms with Crippen LogP contribution in [-0.4, -0.2) is 22.6 Å². The van der Waals surface area contributed by atoms with Crippen LogP contribution in [-0.2, 0) is 11.3 Å². The molecule has 1 fully saturated rings. The lowest BCUT2D eigenvalue weighted by molar-refractivity contribution is -0.0192. The number of rotatable bonds is 6. The molecule has 1 atom stereocenters. The van der Waals surface area contributed by atoms with E-state index in [2.05, 4.69) is 36.1 Å². The molecule has 0 aliphatic heterocycles. The first kappa shape index (κ1) is 14.4. The van der Waals surface area contributed by atoms with Gasteiger partial charge in [0.2, 0.25) is 0 Å². The van der Waals surface area contributed by atoms with Crippen molar-refractivity contribution in [3.05, 3.63) is 23.8 Å². The Morgan fingerprint density at radius 3 is 2.74 bits per heavy atom. The molecule has 0 spiro atoms.